The Labute approximate surface area is 132 Å². The summed E-state index contributed by atoms with van der Waals surface area (Å²) in [5.41, 5.74) is -1.51. The Bertz CT molecular complexity index is 468. The Morgan fingerprint density at radius 2 is 1.95 bits per heavy atom. The molecular formula is C16H27NO5. The van der Waals surface area contributed by atoms with E-state index in [1.807, 2.05) is 0 Å². The summed E-state index contributed by atoms with van der Waals surface area (Å²) < 4.78 is 10.3. The number of amides is 1. The van der Waals surface area contributed by atoms with Crippen LogP contribution < -0.4 is 0 Å². The van der Waals surface area contributed by atoms with Crippen molar-refractivity contribution < 1.29 is 24.2 Å². The second-order valence-corrected chi connectivity index (χ2v) is 7.06. The molecule has 1 saturated heterocycles. The Balaban J connectivity index is 3.29. The largest absolute Gasteiger partial charge is 0.467 e. The molecule has 1 heterocycles. The summed E-state index contributed by atoms with van der Waals surface area (Å²) in [6.45, 7) is 12.8. The van der Waals surface area contributed by atoms with Crippen molar-refractivity contribution in [3.05, 3.63) is 12.2 Å². The molecule has 1 aliphatic heterocycles. The van der Waals surface area contributed by atoms with Crippen molar-refractivity contribution in [3.63, 3.8) is 0 Å². The molecule has 1 aliphatic rings. The molecule has 0 aromatic carbocycles. The van der Waals surface area contributed by atoms with Crippen molar-refractivity contribution in [1.29, 1.82) is 0 Å². The summed E-state index contributed by atoms with van der Waals surface area (Å²) >= 11 is 0. The number of nitrogens with zero attached hydrogens (tertiary/aromatic N) is 1. The molecule has 0 spiro atoms. The number of carbonyl (C=O) groups excluding carboxylic acids is 2. The number of rotatable bonds is 3. The second-order valence-electron chi connectivity index (χ2n) is 7.06. The molecule has 1 amide bonds. The maximum absolute atomic E-state index is 12.5. The van der Waals surface area contributed by atoms with Crippen molar-refractivity contribution in [2.24, 2.45) is 5.92 Å². The number of methoxy groups -OCH3 is 1. The van der Waals surface area contributed by atoms with Gasteiger partial charge >= 0.3 is 12.1 Å². The SMILES string of the molecule is C=C(C)C[C@@]1(C(=O)OC)[C@H](O)[C@H](C)CN1C(=O)OC(C)(C)C. The predicted octanol–water partition coefficient (Wildman–Crippen LogP) is 2.11. The lowest BCUT2D eigenvalue weighted by Gasteiger charge is -2.38. The first-order valence-corrected chi connectivity index (χ1v) is 7.37. The summed E-state index contributed by atoms with van der Waals surface area (Å²) in [6.07, 6.45) is -1.54. The summed E-state index contributed by atoms with van der Waals surface area (Å²) in [4.78, 5) is 26.2. The van der Waals surface area contributed by atoms with E-state index in [4.69, 9.17) is 9.47 Å². The van der Waals surface area contributed by atoms with E-state index in [1.165, 1.54) is 12.0 Å². The third kappa shape index (κ3) is 3.43. The van der Waals surface area contributed by atoms with Gasteiger partial charge in [0, 0.05) is 18.9 Å². The molecule has 0 bridgehead atoms. The molecule has 0 radical (unpaired) electrons. The lowest BCUT2D eigenvalue weighted by Crippen LogP contribution is -2.60. The molecule has 3 atom stereocenters. The maximum Gasteiger partial charge on any atom is 0.411 e. The van der Waals surface area contributed by atoms with E-state index in [1.54, 1.807) is 34.6 Å². The van der Waals surface area contributed by atoms with Gasteiger partial charge in [-0.1, -0.05) is 12.5 Å². The molecule has 6 heteroatoms. The smallest absolute Gasteiger partial charge is 0.411 e. The highest BCUT2D eigenvalue weighted by atomic mass is 16.6. The van der Waals surface area contributed by atoms with Crippen LogP contribution in [0.4, 0.5) is 4.79 Å². The molecule has 0 saturated carbocycles. The molecule has 22 heavy (non-hydrogen) atoms. The van der Waals surface area contributed by atoms with Crippen LogP contribution in [-0.2, 0) is 14.3 Å². The molecule has 0 unspecified atom stereocenters. The average molecular weight is 313 g/mol. The summed E-state index contributed by atoms with van der Waals surface area (Å²) in [6, 6.07) is 0. The number of ether oxygens (including phenoxy) is 2. The quantitative estimate of drug-likeness (QED) is 0.638. The molecular weight excluding hydrogens is 286 g/mol. The van der Waals surface area contributed by atoms with Crippen molar-refractivity contribution in [3.8, 4) is 0 Å². The van der Waals surface area contributed by atoms with Gasteiger partial charge < -0.3 is 14.6 Å². The van der Waals surface area contributed by atoms with Crippen LogP contribution in [-0.4, -0.2) is 53.0 Å². The van der Waals surface area contributed by atoms with Gasteiger partial charge in [0.05, 0.1) is 13.2 Å². The van der Waals surface area contributed by atoms with Gasteiger partial charge in [0.15, 0.2) is 5.54 Å². The number of esters is 1. The molecule has 126 valence electrons. The first-order valence-electron chi connectivity index (χ1n) is 7.37. The summed E-state index contributed by atoms with van der Waals surface area (Å²) in [5.74, 6) is -0.927. The first kappa shape index (κ1) is 18.5. The zero-order valence-electron chi connectivity index (χ0n) is 14.3. The zero-order valence-corrected chi connectivity index (χ0v) is 14.3. The minimum Gasteiger partial charge on any atom is -0.467 e. The van der Waals surface area contributed by atoms with Crippen molar-refractivity contribution in [2.75, 3.05) is 13.7 Å². The van der Waals surface area contributed by atoms with Crippen LogP contribution in [0.5, 0.6) is 0 Å². The predicted molar refractivity (Wildman–Crippen MR) is 82.3 cm³/mol. The lowest BCUT2D eigenvalue weighted by atomic mass is 9.84. The van der Waals surface area contributed by atoms with Gasteiger partial charge in [0.2, 0.25) is 0 Å². The average Bonchev–Trinajstić information content (AvgIpc) is 2.61. The summed E-state index contributed by atoms with van der Waals surface area (Å²) in [7, 11) is 1.24. The highest BCUT2D eigenvalue weighted by Gasteiger charge is 2.60. The molecule has 1 fully saturated rings. The van der Waals surface area contributed by atoms with Crippen molar-refractivity contribution in [1.82, 2.24) is 4.90 Å². The second kappa shape index (κ2) is 6.28. The molecule has 1 rings (SSSR count). The van der Waals surface area contributed by atoms with E-state index in [9.17, 15) is 14.7 Å². The number of hydrogen-bond donors (Lipinski definition) is 1. The number of aliphatic hydroxyl groups is 1. The number of carbonyl (C=O) groups is 2. The van der Waals surface area contributed by atoms with Gasteiger partial charge in [-0.05, 0) is 27.7 Å². The Hall–Kier alpha value is -1.56. The van der Waals surface area contributed by atoms with E-state index in [2.05, 4.69) is 6.58 Å². The molecule has 1 N–H and O–H groups in total. The van der Waals surface area contributed by atoms with E-state index in [0.29, 0.717) is 5.57 Å². The van der Waals surface area contributed by atoms with Gasteiger partial charge in [-0.3, -0.25) is 4.90 Å². The Kier molecular flexibility index (Phi) is 5.28. The topological polar surface area (TPSA) is 76.1 Å². The first-order chi connectivity index (χ1) is 9.95. The van der Waals surface area contributed by atoms with E-state index >= 15 is 0 Å². The van der Waals surface area contributed by atoms with Crippen LogP contribution in [0.3, 0.4) is 0 Å². The van der Waals surface area contributed by atoms with Crippen LogP contribution in [0.15, 0.2) is 12.2 Å². The van der Waals surface area contributed by atoms with Gasteiger partial charge in [0.1, 0.15) is 5.60 Å². The third-order valence-corrected chi connectivity index (χ3v) is 3.70. The lowest BCUT2D eigenvalue weighted by molar-refractivity contribution is -0.159. The fourth-order valence-corrected chi connectivity index (χ4v) is 2.88. The van der Waals surface area contributed by atoms with Gasteiger partial charge in [0.25, 0.3) is 0 Å². The third-order valence-electron chi connectivity index (χ3n) is 3.70. The fraction of sp³-hybridized carbons (Fsp3) is 0.750. The van der Waals surface area contributed by atoms with Crippen molar-refractivity contribution >= 4 is 12.1 Å². The minimum absolute atomic E-state index is 0.129. The standard InChI is InChI=1S/C16H27NO5/c1-10(2)8-16(13(19)21-7)12(18)11(3)9-17(16)14(20)22-15(4,5)6/h11-12,18H,1,8-9H2,2-7H3/t11-,12-,16+/m1/s1. The highest BCUT2D eigenvalue weighted by Crippen LogP contribution is 2.40. The fourth-order valence-electron chi connectivity index (χ4n) is 2.88. The Morgan fingerprint density at radius 3 is 2.36 bits per heavy atom. The van der Waals surface area contributed by atoms with E-state index in [-0.39, 0.29) is 18.9 Å². The van der Waals surface area contributed by atoms with E-state index in [0.717, 1.165) is 0 Å². The zero-order chi connectivity index (χ0) is 17.3. The maximum atomic E-state index is 12.5. The summed E-state index contributed by atoms with van der Waals surface area (Å²) in [5, 5.41) is 10.6. The van der Waals surface area contributed by atoms with Crippen LogP contribution >= 0.6 is 0 Å². The monoisotopic (exact) mass is 313 g/mol. The number of hydrogen-bond acceptors (Lipinski definition) is 5. The highest BCUT2D eigenvalue weighted by molar-refractivity contribution is 5.88. The van der Waals surface area contributed by atoms with Crippen LogP contribution in [0.1, 0.15) is 41.0 Å². The van der Waals surface area contributed by atoms with Gasteiger partial charge in [-0.25, -0.2) is 9.59 Å². The molecule has 6 nitrogen and oxygen atoms in total. The van der Waals surface area contributed by atoms with Crippen LogP contribution in [0.2, 0.25) is 0 Å². The molecule has 0 aromatic heterocycles. The Morgan fingerprint density at radius 1 is 1.41 bits per heavy atom. The van der Waals surface area contributed by atoms with Gasteiger partial charge in [-0.2, -0.15) is 0 Å². The van der Waals surface area contributed by atoms with Crippen LogP contribution in [0.25, 0.3) is 0 Å². The number of aliphatic hydroxyl groups excluding tert-OH is 1. The molecule has 0 aliphatic carbocycles. The van der Waals surface area contributed by atoms with Gasteiger partial charge in [-0.15, -0.1) is 6.58 Å². The van der Waals surface area contributed by atoms with E-state index < -0.39 is 29.3 Å². The molecule has 0 aromatic rings. The van der Waals surface area contributed by atoms with Crippen LogP contribution in [0, 0.1) is 5.92 Å². The minimum atomic E-state index is -1.48. The normalized spacial score (nSPS) is 28.4. The number of likely N-dealkylation sites (tertiary alicyclic amines) is 1. The van der Waals surface area contributed by atoms with Crippen molar-refractivity contribution in [2.45, 2.75) is 58.3 Å².